The van der Waals surface area contributed by atoms with Crippen LogP contribution in [0.5, 0.6) is 0 Å². The predicted octanol–water partition coefficient (Wildman–Crippen LogP) is 3.87. The predicted molar refractivity (Wildman–Crippen MR) is 58.8 cm³/mol. The molecule has 0 bridgehead atoms. The number of rotatable bonds is 1. The van der Waals surface area contributed by atoms with Gasteiger partial charge in [0.25, 0.3) is 0 Å². The maximum Gasteiger partial charge on any atom is 0.335 e. The lowest BCUT2D eigenvalue weighted by Gasteiger charge is -1.55. The first-order valence-corrected chi connectivity index (χ1v) is 9.97. The molecule has 0 aliphatic rings. The fourth-order valence-corrected chi connectivity index (χ4v) is 0. The largest absolute Gasteiger partial charge is 0.335 e. The fourth-order valence-electron chi connectivity index (χ4n) is 0. The van der Waals surface area contributed by atoms with Gasteiger partial charge in [0.2, 0.25) is 0 Å². The molecular formula is C4H12I2OP+. The van der Waals surface area contributed by atoms with Crippen molar-refractivity contribution in [3.05, 3.63) is 0 Å². The quantitative estimate of drug-likeness (QED) is 0.512. The SMILES string of the molecule is C.CC[P+](C)=O.II. The summed E-state index contributed by atoms with van der Waals surface area (Å²) in [4.78, 5) is 0. The van der Waals surface area contributed by atoms with Gasteiger partial charge in [-0.05, 0) is 6.92 Å². The Morgan fingerprint density at radius 1 is 1.50 bits per heavy atom. The molecule has 1 atom stereocenters. The lowest BCUT2D eigenvalue weighted by Crippen LogP contribution is -1.55. The van der Waals surface area contributed by atoms with Crippen molar-refractivity contribution in [3.8, 4) is 0 Å². The standard InChI is InChI=1S/C3H8OP.CH4.I2/c1-3-5(2)4;;1-2/h3H2,1-2H3;1H4;/q+1;;. The second-order valence-corrected chi connectivity index (χ2v) is 2.83. The van der Waals surface area contributed by atoms with Crippen LogP contribution in [0.25, 0.3) is 0 Å². The van der Waals surface area contributed by atoms with Crippen LogP contribution in [0.15, 0.2) is 0 Å². The molecule has 0 aliphatic heterocycles. The van der Waals surface area contributed by atoms with Crippen LogP contribution in [-0.4, -0.2) is 12.8 Å². The molecule has 0 spiro atoms. The highest BCUT2D eigenvalue weighted by atomic mass is 128. The second-order valence-electron chi connectivity index (χ2n) is 0.944. The molecule has 1 unspecified atom stereocenters. The molecule has 0 fully saturated rings. The molecule has 0 aromatic carbocycles. The molecular weight excluding hydrogens is 349 g/mol. The van der Waals surface area contributed by atoms with E-state index in [0.717, 1.165) is 6.16 Å². The molecule has 0 saturated heterocycles. The van der Waals surface area contributed by atoms with Gasteiger partial charge in [0.1, 0.15) is 12.8 Å². The minimum absolute atomic E-state index is 0. The molecule has 0 rings (SSSR count). The second kappa shape index (κ2) is 15.8. The van der Waals surface area contributed by atoms with Gasteiger partial charge in [0, 0.05) is 37.2 Å². The third kappa shape index (κ3) is 25.7. The van der Waals surface area contributed by atoms with Crippen LogP contribution in [0, 0.1) is 0 Å². The molecule has 0 radical (unpaired) electrons. The van der Waals surface area contributed by atoms with Gasteiger partial charge >= 0.3 is 7.80 Å². The molecule has 0 heterocycles. The summed E-state index contributed by atoms with van der Waals surface area (Å²) in [7, 11) is -0.848. The summed E-state index contributed by atoms with van der Waals surface area (Å²) >= 11 is 4.24. The highest BCUT2D eigenvalue weighted by molar-refractivity contribution is 15.0. The van der Waals surface area contributed by atoms with E-state index in [1.165, 1.54) is 0 Å². The summed E-state index contributed by atoms with van der Waals surface area (Å²) in [5.74, 6) is 0. The van der Waals surface area contributed by atoms with Gasteiger partial charge in [-0.15, -0.1) is 0 Å². The van der Waals surface area contributed by atoms with E-state index in [9.17, 15) is 4.57 Å². The Bertz CT molecular complexity index is 49.3. The Labute approximate surface area is 76.1 Å². The lowest BCUT2D eigenvalue weighted by atomic mass is 11.0. The van der Waals surface area contributed by atoms with Crippen LogP contribution in [0.3, 0.4) is 0 Å². The van der Waals surface area contributed by atoms with Crippen LogP contribution < -0.4 is 0 Å². The van der Waals surface area contributed by atoms with Gasteiger partial charge in [-0.25, -0.2) is 0 Å². The van der Waals surface area contributed by atoms with Crippen molar-refractivity contribution < 1.29 is 4.57 Å². The Balaban J connectivity index is -0.0000000750. The summed E-state index contributed by atoms with van der Waals surface area (Å²) in [5.41, 5.74) is 0. The van der Waals surface area contributed by atoms with Crippen LogP contribution in [-0.2, 0) is 4.57 Å². The van der Waals surface area contributed by atoms with Crippen molar-refractivity contribution >= 4 is 45.0 Å². The zero-order valence-electron chi connectivity index (χ0n) is 4.32. The normalized spacial score (nSPS) is 7.75. The van der Waals surface area contributed by atoms with E-state index in [4.69, 9.17) is 0 Å². The van der Waals surface area contributed by atoms with Gasteiger partial charge < -0.3 is 0 Å². The van der Waals surface area contributed by atoms with Crippen molar-refractivity contribution in [1.82, 2.24) is 0 Å². The van der Waals surface area contributed by atoms with Crippen LogP contribution in [0.4, 0.5) is 0 Å². The van der Waals surface area contributed by atoms with Crippen molar-refractivity contribution in [2.75, 3.05) is 12.8 Å². The first-order chi connectivity index (χ1) is 3.27. The van der Waals surface area contributed by atoms with Crippen molar-refractivity contribution in [2.45, 2.75) is 14.4 Å². The summed E-state index contributed by atoms with van der Waals surface area (Å²) < 4.78 is 9.96. The number of halogens is 2. The van der Waals surface area contributed by atoms with E-state index < -0.39 is 7.80 Å². The highest BCUT2D eigenvalue weighted by Gasteiger charge is 1.93. The van der Waals surface area contributed by atoms with E-state index in [1.807, 2.05) is 6.92 Å². The molecule has 0 amide bonds. The first kappa shape index (κ1) is 16.3. The van der Waals surface area contributed by atoms with Crippen LogP contribution in [0.1, 0.15) is 14.4 Å². The third-order valence-corrected chi connectivity index (χ3v) is 1.34. The Morgan fingerprint density at radius 3 is 1.62 bits per heavy atom. The Kier molecular flexibility index (Phi) is 32.2. The van der Waals surface area contributed by atoms with Crippen molar-refractivity contribution in [1.29, 1.82) is 0 Å². The third-order valence-electron chi connectivity index (χ3n) is 0.445. The van der Waals surface area contributed by atoms with E-state index in [2.05, 4.69) is 37.2 Å². The molecule has 0 N–H and O–H groups in total. The van der Waals surface area contributed by atoms with E-state index in [-0.39, 0.29) is 7.43 Å². The molecule has 8 heavy (non-hydrogen) atoms. The maximum atomic E-state index is 9.96. The first-order valence-electron chi connectivity index (χ1n) is 1.80. The minimum Gasteiger partial charge on any atom is -0.0776 e. The molecule has 0 aromatic heterocycles. The highest BCUT2D eigenvalue weighted by Crippen LogP contribution is 2.09. The van der Waals surface area contributed by atoms with Crippen LogP contribution in [0.2, 0.25) is 0 Å². The van der Waals surface area contributed by atoms with E-state index in [0.29, 0.717) is 0 Å². The summed E-state index contributed by atoms with van der Waals surface area (Å²) in [6.07, 6.45) is 0.815. The molecule has 52 valence electrons. The van der Waals surface area contributed by atoms with Gasteiger partial charge in [-0.3, -0.25) is 0 Å². The molecule has 0 aliphatic carbocycles. The molecule has 0 saturated carbocycles. The van der Waals surface area contributed by atoms with Crippen molar-refractivity contribution in [3.63, 3.8) is 0 Å². The van der Waals surface area contributed by atoms with Gasteiger partial charge in [0.15, 0.2) is 0 Å². The topological polar surface area (TPSA) is 17.1 Å². The summed E-state index contributed by atoms with van der Waals surface area (Å²) in [5, 5.41) is 0. The average Bonchev–Trinajstić information content (AvgIpc) is 1.73. The summed E-state index contributed by atoms with van der Waals surface area (Å²) in [6, 6.07) is 0. The van der Waals surface area contributed by atoms with Gasteiger partial charge in [-0.2, -0.15) is 0 Å². The monoisotopic (exact) mass is 361 g/mol. The lowest BCUT2D eigenvalue weighted by molar-refractivity contribution is 0.592. The zero-order valence-corrected chi connectivity index (χ0v) is 9.53. The van der Waals surface area contributed by atoms with Gasteiger partial charge in [0.05, 0.1) is 0 Å². The summed E-state index contributed by atoms with van der Waals surface area (Å²) in [6.45, 7) is 3.65. The smallest absolute Gasteiger partial charge is 0.0776 e. The maximum absolute atomic E-state index is 9.96. The van der Waals surface area contributed by atoms with E-state index in [1.54, 1.807) is 6.66 Å². The van der Waals surface area contributed by atoms with Crippen LogP contribution >= 0.6 is 45.0 Å². The molecule has 0 aromatic rings. The molecule has 4 heteroatoms. The average molecular weight is 361 g/mol. The number of hydrogen-bond donors (Lipinski definition) is 0. The number of hydrogen-bond acceptors (Lipinski definition) is 1. The Morgan fingerprint density at radius 2 is 1.62 bits per heavy atom. The zero-order chi connectivity index (χ0) is 6.28. The fraction of sp³-hybridized carbons (Fsp3) is 1.00. The van der Waals surface area contributed by atoms with Crippen molar-refractivity contribution in [2.24, 2.45) is 0 Å². The minimum atomic E-state index is -0.848. The van der Waals surface area contributed by atoms with E-state index >= 15 is 0 Å². The molecule has 1 nitrogen and oxygen atoms in total. The Hall–Kier alpha value is 1.56. The van der Waals surface area contributed by atoms with Gasteiger partial charge in [-0.1, -0.05) is 12.0 Å².